The van der Waals surface area contributed by atoms with Crippen molar-refractivity contribution < 1.29 is 14.3 Å². The quantitative estimate of drug-likeness (QED) is 0.721. The van der Waals surface area contributed by atoms with E-state index in [0.717, 1.165) is 12.8 Å². The number of piperidine rings is 1. The van der Waals surface area contributed by atoms with Gasteiger partial charge in [0.15, 0.2) is 0 Å². The van der Waals surface area contributed by atoms with Gasteiger partial charge in [-0.3, -0.25) is 14.9 Å². The number of imide groups is 1. The fourth-order valence-electron chi connectivity index (χ4n) is 2.47. The number of carbonyl (C=O) groups excluding carboxylic acids is 2. The Labute approximate surface area is 96.7 Å². The van der Waals surface area contributed by atoms with Gasteiger partial charge < -0.3 is 4.74 Å². The standard InChI is InChI=1S/C12H21NO3/c1-4-5-9-10(8(2)7-16-3)6-11(14)13-12(9)15/h8-10H,4-7H2,1-3H3,(H,13,14,15). The first-order valence-corrected chi connectivity index (χ1v) is 5.92. The molecule has 0 aromatic heterocycles. The smallest absolute Gasteiger partial charge is 0.229 e. The molecule has 3 unspecified atom stereocenters. The minimum Gasteiger partial charge on any atom is -0.384 e. The highest BCUT2D eigenvalue weighted by Gasteiger charge is 2.37. The molecule has 4 nitrogen and oxygen atoms in total. The topological polar surface area (TPSA) is 55.4 Å². The highest BCUT2D eigenvalue weighted by molar-refractivity contribution is 5.99. The molecule has 1 rings (SSSR count). The van der Waals surface area contributed by atoms with Gasteiger partial charge in [-0.25, -0.2) is 0 Å². The van der Waals surface area contributed by atoms with Crippen molar-refractivity contribution >= 4 is 11.8 Å². The lowest BCUT2D eigenvalue weighted by Gasteiger charge is -2.33. The Bertz CT molecular complexity index is 265. The van der Waals surface area contributed by atoms with Crippen molar-refractivity contribution in [3.05, 3.63) is 0 Å². The molecule has 2 amide bonds. The van der Waals surface area contributed by atoms with Crippen LogP contribution in [0.2, 0.25) is 0 Å². The summed E-state index contributed by atoms with van der Waals surface area (Å²) in [6.07, 6.45) is 2.25. The minimum atomic E-state index is -0.148. The summed E-state index contributed by atoms with van der Waals surface area (Å²) in [6.45, 7) is 4.70. The van der Waals surface area contributed by atoms with Crippen molar-refractivity contribution in [1.29, 1.82) is 0 Å². The predicted octanol–water partition coefficient (Wildman–Crippen LogP) is 1.35. The Morgan fingerprint density at radius 2 is 2.19 bits per heavy atom. The molecule has 0 aromatic carbocycles. The third kappa shape index (κ3) is 3.04. The Hall–Kier alpha value is -0.900. The summed E-state index contributed by atoms with van der Waals surface area (Å²) in [5.41, 5.74) is 0. The first-order chi connectivity index (χ1) is 7.60. The van der Waals surface area contributed by atoms with Crippen LogP contribution in [0.25, 0.3) is 0 Å². The van der Waals surface area contributed by atoms with Crippen LogP contribution in [0.3, 0.4) is 0 Å². The van der Waals surface area contributed by atoms with E-state index in [9.17, 15) is 9.59 Å². The van der Waals surface area contributed by atoms with Gasteiger partial charge in [0.1, 0.15) is 0 Å². The highest BCUT2D eigenvalue weighted by Crippen LogP contribution is 2.31. The molecule has 0 aliphatic carbocycles. The predicted molar refractivity (Wildman–Crippen MR) is 60.7 cm³/mol. The maximum Gasteiger partial charge on any atom is 0.229 e. The molecule has 0 spiro atoms. The van der Waals surface area contributed by atoms with Gasteiger partial charge in [0.25, 0.3) is 0 Å². The van der Waals surface area contributed by atoms with Gasteiger partial charge >= 0.3 is 0 Å². The first-order valence-electron chi connectivity index (χ1n) is 5.92. The first kappa shape index (κ1) is 13.2. The van der Waals surface area contributed by atoms with Crippen LogP contribution in [0.5, 0.6) is 0 Å². The van der Waals surface area contributed by atoms with Gasteiger partial charge in [0, 0.05) is 26.1 Å². The van der Waals surface area contributed by atoms with Crippen molar-refractivity contribution in [2.24, 2.45) is 17.8 Å². The largest absolute Gasteiger partial charge is 0.384 e. The minimum absolute atomic E-state index is 0.0344. The van der Waals surface area contributed by atoms with Gasteiger partial charge in [-0.15, -0.1) is 0 Å². The number of rotatable bonds is 5. The molecule has 1 N–H and O–H groups in total. The van der Waals surface area contributed by atoms with Gasteiger partial charge in [0.2, 0.25) is 11.8 Å². The number of amides is 2. The molecule has 1 aliphatic rings. The van der Waals surface area contributed by atoms with Crippen molar-refractivity contribution in [3.8, 4) is 0 Å². The Morgan fingerprint density at radius 1 is 1.50 bits per heavy atom. The summed E-state index contributed by atoms with van der Waals surface area (Å²) < 4.78 is 5.11. The van der Waals surface area contributed by atoms with Gasteiger partial charge in [-0.2, -0.15) is 0 Å². The summed E-state index contributed by atoms with van der Waals surface area (Å²) in [6, 6.07) is 0. The summed E-state index contributed by atoms with van der Waals surface area (Å²) >= 11 is 0. The molecule has 0 radical (unpaired) electrons. The van der Waals surface area contributed by atoms with Crippen molar-refractivity contribution in [3.63, 3.8) is 0 Å². The molecule has 16 heavy (non-hydrogen) atoms. The zero-order valence-corrected chi connectivity index (χ0v) is 10.3. The van der Waals surface area contributed by atoms with Gasteiger partial charge in [-0.05, 0) is 18.3 Å². The number of ether oxygens (including phenoxy) is 1. The monoisotopic (exact) mass is 227 g/mol. The molecule has 92 valence electrons. The zero-order valence-electron chi connectivity index (χ0n) is 10.3. The van der Waals surface area contributed by atoms with E-state index in [4.69, 9.17) is 4.74 Å². The molecule has 0 saturated carbocycles. The normalized spacial score (nSPS) is 27.7. The number of methoxy groups -OCH3 is 1. The molecule has 4 heteroatoms. The van der Waals surface area contributed by atoms with E-state index in [2.05, 4.69) is 12.2 Å². The third-order valence-electron chi connectivity index (χ3n) is 3.30. The van der Waals surface area contributed by atoms with Crippen LogP contribution in [-0.4, -0.2) is 25.5 Å². The Morgan fingerprint density at radius 3 is 2.75 bits per heavy atom. The van der Waals surface area contributed by atoms with Crippen molar-refractivity contribution in [2.75, 3.05) is 13.7 Å². The highest BCUT2D eigenvalue weighted by atomic mass is 16.5. The second-order valence-electron chi connectivity index (χ2n) is 4.61. The molecule has 3 atom stereocenters. The van der Waals surface area contributed by atoms with E-state index in [1.807, 2.05) is 6.92 Å². The Kier molecular flexibility index (Phi) is 4.93. The van der Waals surface area contributed by atoms with E-state index in [-0.39, 0.29) is 29.6 Å². The van der Waals surface area contributed by atoms with Crippen LogP contribution >= 0.6 is 0 Å². The van der Waals surface area contributed by atoms with Crippen LogP contribution in [0.15, 0.2) is 0 Å². The van der Waals surface area contributed by atoms with Crippen molar-refractivity contribution in [2.45, 2.75) is 33.1 Å². The van der Waals surface area contributed by atoms with E-state index in [1.54, 1.807) is 7.11 Å². The second kappa shape index (κ2) is 5.99. The van der Waals surface area contributed by atoms with Crippen LogP contribution in [0.4, 0.5) is 0 Å². The number of hydrogen-bond donors (Lipinski definition) is 1. The number of carbonyl (C=O) groups is 2. The van der Waals surface area contributed by atoms with Crippen molar-refractivity contribution in [1.82, 2.24) is 5.32 Å². The summed E-state index contributed by atoms with van der Waals surface area (Å²) in [4.78, 5) is 23.1. The summed E-state index contributed by atoms with van der Waals surface area (Å²) in [5.74, 6) is 0.0851. The SMILES string of the molecule is CCCC1C(=O)NC(=O)CC1C(C)COC. The molecule has 1 fully saturated rings. The van der Waals surface area contributed by atoms with E-state index in [0.29, 0.717) is 13.0 Å². The maximum absolute atomic E-state index is 11.7. The van der Waals surface area contributed by atoms with Crippen LogP contribution < -0.4 is 5.32 Å². The molecule has 1 heterocycles. The lowest BCUT2D eigenvalue weighted by Crippen LogP contribution is -2.48. The zero-order chi connectivity index (χ0) is 12.1. The van der Waals surface area contributed by atoms with E-state index in [1.165, 1.54) is 0 Å². The Balaban J connectivity index is 2.74. The lowest BCUT2D eigenvalue weighted by molar-refractivity contribution is -0.140. The summed E-state index contributed by atoms with van der Waals surface area (Å²) in [5, 5.41) is 2.42. The molecular formula is C12H21NO3. The average Bonchev–Trinajstić information content (AvgIpc) is 2.22. The van der Waals surface area contributed by atoms with Gasteiger partial charge in [-0.1, -0.05) is 20.3 Å². The second-order valence-corrected chi connectivity index (χ2v) is 4.61. The average molecular weight is 227 g/mol. The number of hydrogen-bond acceptors (Lipinski definition) is 3. The molecule has 0 aromatic rings. The van der Waals surface area contributed by atoms with Crippen LogP contribution in [-0.2, 0) is 14.3 Å². The number of nitrogens with one attached hydrogen (secondary N) is 1. The molecule has 0 bridgehead atoms. The van der Waals surface area contributed by atoms with Crippen LogP contribution in [0, 0.1) is 17.8 Å². The maximum atomic E-state index is 11.7. The lowest BCUT2D eigenvalue weighted by atomic mass is 9.75. The summed E-state index contributed by atoms with van der Waals surface area (Å²) in [7, 11) is 1.65. The molecule has 1 saturated heterocycles. The molecule has 1 aliphatic heterocycles. The van der Waals surface area contributed by atoms with E-state index < -0.39 is 0 Å². The molecular weight excluding hydrogens is 206 g/mol. The third-order valence-corrected chi connectivity index (χ3v) is 3.30. The van der Waals surface area contributed by atoms with E-state index >= 15 is 0 Å². The van der Waals surface area contributed by atoms with Crippen LogP contribution in [0.1, 0.15) is 33.1 Å². The fraction of sp³-hybridized carbons (Fsp3) is 0.833. The fourth-order valence-corrected chi connectivity index (χ4v) is 2.47. The van der Waals surface area contributed by atoms with Gasteiger partial charge in [0.05, 0.1) is 0 Å².